The molecule has 0 bridgehead atoms. The van der Waals surface area contributed by atoms with Crippen LogP contribution in [0, 0.1) is 0 Å². The molecule has 1 heterocycles. The predicted molar refractivity (Wildman–Crippen MR) is 117 cm³/mol. The Hall–Kier alpha value is -2.98. The van der Waals surface area contributed by atoms with Crippen molar-refractivity contribution in [3.63, 3.8) is 0 Å². The van der Waals surface area contributed by atoms with E-state index in [0.29, 0.717) is 36.0 Å². The average molecular weight is 407 g/mol. The highest BCUT2D eigenvalue weighted by Crippen LogP contribution is 2.26. The maximum atomic E-state index is 13.2. The molecule has 5 heteroatoms. The number of nitrogens with zero attached hydrogens (tertiary/aromatic N) is 2. The van der Waals surface area contributed by atoms with Crippen LogP contribution in [0.2, 0.25) is 5.02 Å². The van der Waals surface area contributed by atoms with Crippen LogP contribution in [-0.4, -0.2) is 37.0 Å². The molecule has 0 aromatic heterocycles. The number of hydrogen-bond acceptors (Lipinski definition) is 3. The first-order valence-corrected chi connectivity index (χ1v) is 10.1. The molecule has 4 nitrogen and oxygen atoms in total. The van der Waals surface area contributed by atoms with Crippen LogP contribution in [0.25, 0.3) is 0 Å². The highest BCUT2D eigenvalue weighted by molar-refractivity contribution is 6.31. The first-order chi connectivity index (χ1) is 14.2. The predicted octanol–water partition coefficient (Wildman–Crippen LogP) is 4.88. The minimum absolute atomic E-state index is 0.0386. The largest absolute Gasteiger partial charge is 0.488 e. The van der Waals surface area contributed by atoms with Gasteiger partial charge in [0.2, 0.25) is 0 Å². The fraction of sp³-hybridized carbons (Fsp3) is 0.208. The van der Waals surface area contributed by atoms with Crippen LogP contribution in [0.1, 0.15) is 15.9 Å². The van der Waals surface area contributed by atoms with Crippen molar-refractivity contribution in [2.75, 3.05) is 31.1 Å². The van der Waals surface area contributed by atoms with Crippen molar-refractivity contribution in [1.82, 2.24) is 4.90 Å². The Bertz CT molecular complexity index is 955. The summed E-state index contributed by atoms with van der Waals surface area (Å²) in [6.07, 6.45) is 0. The van der Waals surface area contributed by atoms with Gasteiger partial charge in [-0.1, -0.05) is 60.1 Å². The Morgan fingerprint density at radius 1 is 0.862 bits per heavy atom. The van der Waals surface area contributed by atoms with E-state index in [1.807, 2.05) is 53.4 Å². The van der Waals surface area contributed by atoms with Gasteiger partial charge in [0.15, 0.2) is 0 Å². The molecule has 0 unspecified atom stereocenters. The van der Waals surface area contributed by atoms with Crippen LogP contribution in [-0.2, 0) is 6.61 Å². The zero-order valence-corrected chi connectivity index (χ0v) is 16.9. The third kappa shape index (κ3) is 4.72. The Morgan fingerprint density at radius 2 is 1.52 bits per heavy atom. The third-order valence-corrected chi connectivity index (χ3v) is 5.33. The first kappa shape index (κ1) is 19.3. The minimum atomic E-state index is -0.0386. The molecule has 0 atom stereocenters. The van der Waals surface area contributed by atoms with E-state index in [0.717, 1.165) is 18.7 Å². The van der Waals surface area contributed by atoms with E-state index in [9.17, 15) is 4.79 Å². The lowest BCUT2D eigenvalue weighted by Crippen LogP contribution is -2.48. The van der Waals surface area contributed by atoms with Gasteiger partial charge >= 0.3 is 0 Å². The summed E-state index contributed by atoms with van der Waals surface area (Å²) in [7, 11) is 0. The Morgan fingerprint density at radius 3 is 2.21 bits per heavy atom. The van der Waals surface area contributed by atoms with E-state index < -0.39 is 0 Å². The van der Waals surface area contributed by atoms with Crippen LogP contribution >= 0.6 is 11.6 Å². The molecule has 1 aliphatic heterocycles. The molecule has 3 aromatic rings. The van der Waals surface area contributed by atoms with Crippen molar-refractivity contribution in [3.8, 4) is 5.75 Å². The highest BCUT2D eigenvalue weighted by Gasteiger charge is 2.25. The van der Waals surface area contributed by atoms with Crippen LogP contribution in [0.15, 0.2) is 78.9 Å². The number of carbonyl (C=O) groups excluding carboxylic acids is 1. The fourth-order valence-corrected chi connectivity index (χ4v) is 3.68. The lowest BCUT2D eigenvalue weighted by Gasteiger charge is -2.36. The fourth-order valence-electron chi connectivity index (χ4n) is 3.51. The molecular weight excluding hydrogens is 384 g/mol. The van der Waals surface area contributed by atoms with E-state index in [4.69, 9.17) is 16.3 Å². The third-order valence-electron chi connectivity index (χ3n) is 5.10. The molecule has 0 radical (unpaired) electrons. The molecular formula is C24H23ClN2O2. The van der Waals surface area contributed by atoms with Crippen LogP contribution < -0.4 is 9.64 Å². The molecule has 0 aliphatic carbocycles. The van der Waals surface area contributed by atoms with Gasteiger partial charge in [-0.25, -0.2) is 0 Å². The Labute approximate surface area is 176 Å². The van der Waals surface area contributed by atoms with Crippen molar-refractivity contribution in [3.05, 3.63) is 95.0 Å². The molecule has 4 rings (SSSR count). The zero-order valence-electron chi connectivity index (χ0n) is 16.1. The lowest BCUT2D eigenvalue weighted by molar-refractivity contribution is 0.0742. The summed E-state index contributed by atoms with van der Waals surface area (Å²) < 4.78 is 5.96. The van der Waals surface area contributed by atoms with Crippen LogP contribution in [0.5, 0.6) is 5.75 Å². The summed E-state index contributed by atoms with van der Waals surface area (Å²) in [6.45, 7) is 3.34. The standard InChI is InChI=1S/C24H23ClN2O2/c25-20-11-12-23(29-18-19-7-3-1-4-8-19)22(17-20)24(28)27-15-13-26(14-16-27)21-9-5-2-6-10-21/h1-12,17H,13-16,18H2. The van der Waals surface area contributed by atoms with E-state index in [2.05, 4.69) is 17.0 Å². The minimum Gasteiger partial charge on any atom is -0.488 e. The average Bonchev–Trinajstić information content (AvgIpc) is 2.79. The molecule has 0 spiro atoms. The van der Waals surface area contributed by atoms with Gasteiger partial charge < -0.3 is 14.5 Å². The van der Waals surface area contributed by atoms with Gasteiger partial charge in [-0.05, 0) is 35.9 Å². The van der Waals surface area contributed by atoms with Crippen molar-refractivity contribution < 1.29 is 9.53 Å². The summed E-state index contributed by atoms with van der Waals surface area (Å²) in [6, 6.07) is 25.4. The number of ether oxygens (including phenoxy) is 1. The number of rotatable bonds is 5. The molecule has 29 heavy (non-hydrogen) atoms. The number of amides is 1. The van der Waals surface area contributed by atoms with E-state index in [-0.39, 0.29) is 5.91 Å². The molecule has 1 amide bonds. The SMILES string of the molecule is O=C(c1cc(Cl)ccc1OCc1ccccc1)N1CCN(c2ccccc2)CC1. The second-order valence-electron chi connectivity index (χ2n) is 7.03. The number of carbonyl (C=O) groups is 1. The van der Waals surface area contributed by atoms with Crippen molar-refractivity contribution >= 4 is 23.2 Å². The molecule has 148 valence electrons. The van der Waals surface area contributed by atoms with Gasteiger partial charge in [0.05, 0.1) is 5.56 Å². The monoisotopic (exact) mass is 406 g/mol. The number of piperazine rings is 1. The molecule has 0 saturated carbocycles. The van der Waals surface area contributed by atoms with Gasteiger partial charge in [-0.2, -0.15) is 0 Å². The summed E-state index contributed by atoms with van der Waals surface area (Å²) in [4.78, 5) is 17.4. The van der Waals surface area contributed by atoms with Crippen molar-refractivity contribution in [1.29, 1.82) is 0 Å². The Kier molecular flexibility index (Phi) is 6.01. The molecule has 1 aliphatic rings. The quantitative estimate of drug-likeness (QED) is 0.605. The van der Waals surface area contributed by atoms with Gasteiger partial charge in [0.25, 0.3) is 5.91 Å². The summed E-state index contributed by atoms with van der Waals surface area (Å²) in [5, 5.41) is 0.531. The van der Waals surface area contributed by atoms with Crippen molar-refractivity contribution in [2.45, 2.75) is 6.61 Å². The van der Waals surface area contributed by atoms with Crippen LogP contribution in [0.3, 0.4) is 0 Å². The number of benzene rings is 3. The van der Waals surface area contributed by atoms with Gasteiger partial charge in [0, 0.05) is 36.9 Å². The number of anilines is 1. The van der Waals surface area contributed by atoms with E-state index in [1.165, 1.54) is 5.69 Å². The molecule has 1 saturated heterocycles. The smallest absolute Gasteiger partial charge is 0.257 e. The highest BCUT2D eigenvalue weighted by atomic mass is 35.5. The molecule has 1 fully saturated rings. The summed E-state index contributed by atoms with van der Waals surface area (Å²) in [5.74, 6) is 0.525. The second-order valence-corrected chi connectivity index (χ2v) is 7.47. The summed E-state index contributed by atoms with van der Waals surface area (Å²) in [5.41, 5.74) is 2.76. The normalized spacial score (nSPS) is 14.0. The zero-order chi connectivity index (χ0) is 20.1. The van der Waals surface area contributed by atoms with Gasteiger partial charge in [0.1, 0.15) is 12.4 Å². The lowest BCUT2D eigenvalue weighted by atomic mass is 10.1. The number of halogens is 1. The number of hydrogen-bond donors (Lipinski definition) is 0. The Balaban J connectivity index is 1.45. The maximum Gasteiger partial charge on any atom is 0.257 e. The van der Waals surface area contributed by atoms with Gasteiger partial charge in [-0.3, -0.25) is 4.79 Å². The van der Waals surface area contributed by atoms with Crippen LogP contribution in [0.4, 0.5) is 5.69 Å². The molecule has 0 N–H and O–H groups in total. The summed E-state index contributed by atoms with van der Waals surface area (Å²) >= 11 is 6.19. The number of para-hydroxylation sites is 1. The van der Waals surface area contributed by atoms with E-state index in [1.54, 1.807) is 18.2 Å². The second kappa shape index (κ2) is 9.01. The molecule has 3 aromatic carbocycles. The topological polar surface area (TPSA) is 32.8 Å². The maximum absolute atomic E-state index is 13.2. The van der Waals surface area contributed by atoms with Gasteiger partial charge in [-0.15, -0.1) is 0 Å². The van der Waals surface area contributed by atoms with E-state index >= 15 is 0 Å². The van der Waals surface area contributed by atoms with Crippen molar-refractivity contribution in [2.24, 2.45) is 0 Å². The first-order valence-electron chi connectivity index (χ1n) is 9.76.